The molecule has 1 aliphatic heterocycles. The second-order valence-corrected chi connectivity index (χ2v) is 9.05. The van der Waals surface area contributed by atoms with Crippen LogP contribution in [0, 0.1) is 5.92 Å². The molecule has 2 aromatic carbocycles. The number of aliphatic carboxylic acids is 1. The predicted octanol–water partition coefficient (Wildman–Crippen LogP) is 3.77. The number of hydrogen-bond acceptors (Lipinski definition) is 4. The van der Waals surface area contributed by atoms with Crippen molar-refractivity contribution in [2.75, 3.05) is 13.1 Å². The fourth-order valence-electron chi connectivity index (χ4n) is 5.12. The number of phenols is 1. The average molecular weight is 411 g/mol. The summed E-state index contributed by atoms with van der Waals surface area (Å²) in [6.45, 7) is 3.04. The van der Waals surface area contributed by atoms with Gasteiger partial charge in [0.25, 0.3) is 5.91 Å². The first-order chi connectivity index (χ1) is 14.4. The van der Waals surface area contributed by atoms with Crippen LogP contribution in [0.15, 0.2) is 36.4 Å². The zero-order valence-electron chi connectivity index (χ0n) is 17.4. The third kappa shape index (κ3) is 3.88. The highest BCUT2D eigenvalue weighted by atomic mass is 16.4. The van der Waals surface area contributed by atoms with Crippen LogP contribution in [0.1, 0.15) is 55.8 Å². The van der Waals surface area contributed by atoms with Crippen molar-refractivity contribution in [1.82, 2.24) is 10.2 Å². The first-order valence-electron chi connectivity index (χ1n) is 10.9. The lowest BCUT2D eigenvalue weighted by Gasteiger charge is -2.35. The summed E-state index contributed by atoms with van der Waals surface area (Å²) in [5.74, 6) is -0.723. The molecule has 3 N–H and O–H groups in total. The molecule has 2 aliphatic rings. The highest BCUT2D eigenvalue weighted by molar-refractivity contribution is 6.03. The number of carbonyl (C=O) groups is 2. The number of rotatable bonds is 5. The van der Waals surface area contributed by atoms with Crippen molar-refractivity contribution < 1.29 is 19.8 Å². The number of carbonyl (C=O) groups excluding carboxylic acids is 1. The molecule has 160 valence electrons. The van der Waals surface area contributed by atoms with Gasteiger partial charge in [-0.2, -0.15) is 0 Å². The molecule has 0 bridgehead atoms. The molecule has 1 saturated carbocycles. The minimum atomic E-state index is -0.985. The van der Waals surface area contributed by atoms with Gasteiger partial charge in [-0.05, 0) is 43.6 Å². The number of carboxylic acids is 1. The number of fused-ring (bicyclic) bond motifs is 1. The molecular formula is C24H30N2O4. The van der Waals surface area contributed by atoms with E-state index in [0.29, 0.717) is 24.3 Å². The molecule has 1 amide bonds. The maximum Gasteiger partial charge on any atom is 0.323 e. The van der Waals surface area contributed by atoms with Gasteiger partial charge in [-0.15, -0.1) is 0 Å². The minimum Gasteiger partial charge on any atom is -0.506 e. The smallest absolute Gasteiger partial charge is 0.323 e. The lowest BCUT2D eigenvalue weighted by atomic mass is 9.88. The normalized spacial score (nSPS) is 25.4. The lowest BCUT2D eigenvalue weighted by Crippen LogP contribution is -2.49. The Bertz CT molecular complexity index is 953. The topological polar surface area (TPSA) is 89.9 Å². The number of phenolic OH excluding ortho intramolecular Hbond substituents is 1. The second-order valence-electron chi connectivity index (χ2n) is 9.05. The third-order valence-electron chi connectivity index (χ3n) is 6.93. The zero-order valence-corrected chi connectivity index (χ0v) is 17.4. The van der Waals surface area contributed by atoms with Crippen molar-refractivity contribution in [3.63, 3.8) is 0 Å². The van der Waals surface area contributed by atoms with E-state index in [2.05, 4.69) is 5.32 Å². The van der Waals surface area contributed by atoms with E-state index in [1.165, 1.54) is 19.3 Å². The molecular weight excluding hydrogens is 380 g/mol. The molecule has 2 aromatic rings. The Morgan fingerprint density at radius 3 is 2.60 bits per heavy atom. The molecule has 2 atom stereocenters. The number of nitrogens with zero attached hydrogens (tertiary/aromatic N) is 1. The Morgan fingerprint density at radius 1 is 1.13 bits per heavy atom. The van der Waals surface area contributed by atoms with Crippen molar-refractivity contribution in [2.45, 2.75) is 57.0 Å². The minimum absolute atomic E-state index is 0.0383. The molecule has 1 aliphatic carbocycles. The molecule has 0 aromatic heterocycles. The fraction of sp³-hybridized carbons (Fsp3) is 0.500. The third-order valence-corrected chi connectivity index (χ3v) is 6.93. The molecule has 0 unspecified atom stereocenters. The van der Waals surface area contributed by atoms with Gasteiger partial charge in [-0.3, -0.25) is 14.5 Å². The molecule has 0 spiro atoms. The standard InChI is InChI=1S/C24H30N2O4/c1-24(23(29)30)13-18(15-26(24)14-16-7-3-2-4-8-16)25-22(28)20-12-11-17-9-5-6-10-19(17)21(20)27/h5-6,9-12,16,18,27H,2-4,7-8,13-15H2,1H3,(H,25,28)(H,29,30)/t18-,24-/m0/s1. The molecule has 1 heterocycles. The summed E-state index contributed by atoms with van der Waals surface area (Å²) in [4.78, 5) is 27.0. The fourth-order valence-corrected chi connectivity index (χ4v) is 5.12. The van der Waals surface area contributed by atoms with Crippen molar-refractivity contribution in [2.24, 2.45) is 5.92 Å². The Labute approximate surface area is 176 Å². The van der Waals surface area contributed by atoms with Crippen LogP contribution >= 0.6 is 0 Å². The van der Waals surface area contributed by atoms with E-state index in [9.17, 15) is 19.8 Å². The Kier molecular flexibility index (Phi) is 5.69. The summed E-state index contributed by atoms with van der Waals surface area (Å²) in [6, 6.07) is 10.5. The number of amides is 1. The van der Waals surface area contributed by atoms with Crippen LogP contribution in [0.5, 0.6) is 5.75 Å². The predicted molar refractivity (Wildman–Crippen MR) is 116 cm³/mol. The van der Waals surface area contributed by atoms with Crippen molar-refractivity contribution in [1.29, 1.82) is 0 Å². The highest BCUT2D eigenvalue weighted by Gasteiger charge is 2.48. The number of benzene rings is 2. The summed E-state index contributed by atoms with van der Waals surface area (Å²) in [7, 11) is 0. The lowest BCUT2D eigenvalue weighted by molar-refractivity contribution is -0.149. The van der Waals surface area contributed by atoms with Gasteiger partial charge in [-0.25, -0.2) is 0 Å². The number of likely N-dealkylation sites (tertiary alicyclic amines) is 1. The van der Waals surface area contributed by atoms with Crippen LogP contribution in [0.25, 0.3) is 10.8 Å². The van der Waals surface area contributed by atoms with Gasteiger partial charge in [0.2, 0.25) is 0 Å². The molecule has 0 radical (unpaired) electrons. The van der Waals surface area contributed by atoms with Gasteiger partial charge < -0.3 is 15.5 Å². The molecule has 6 nitrogen and oxygen atoms in total. The summed E-state index contributed by atoms with van der Waals surface area (Å²) in [6.07, 6.45) is 6.34. The van der Waals surface area contributed by atoms with Crippen molar-refractivity contribution in [3.8, 4) is 5.75 Å². The molecule has 1 saturated heterocycles. The number of nitrogens with one attached hydrogen (secondary N) is 1. The largest absolute Gasteiger partial charge is 0.506 e. The van der Waals surface area contributed by atoms with Crippen molar-refractivity contribution in [3.05, 3.63) is 42.0 Å². The SMILES string of the molecule is C[C@@]1(C(=O)O)C[C@H](NC(=O)c2ccc3ccccc3c2O)CN1CC1CCCCC1. The summed E-state index contributed by atoms with van der Waals surface area (Å²) < 4.78 is 0. The molecule has 4 rings (SSSR count). The van der Waals surface area contributed by atoms with Crippen LogP contribution in [0.2, 0.25) is 0 Å². The maximum absolute atomic E-state index is 12.9. The van der Waals surface area contributed by atoms with Crippen LogP contribution in [0.4, 0.5) is 0 Å². The summed E-state index contributed by atoms with van der Waals surface area (Å²) in [5, 5.41) is 25.0. The first-order valence-corrected chi connectivity index (χ1v) is 10.9. The van der Waals surface area contributed by atoms with Crippen LogP contribution in [-0.2, 0) is 4.79 Å². The first kappa shape index (κ1) is 20.7. The van der Waals surface area contributed by atoms with E-state index in [4.69, 9.17) is 0 Å². The number of carboxylic acid groups (broad SMARTS) is 1. The highest BCUT2D eigenvalue weighted by Crippen LogP contribution is 2.34. The van der Waals surface area contributed by atoms with E-state index in [0.717, 1.165) is 24.8 Å². The van der Waals surface area contributed by atoms with E-state index in [-0.39, 0.29) is 23.3 Å². The van der Waals surface area contributed by atoms with Crippen LogP contribution < -0.4 is 5.32 Å². The van der Waals surface area contributed by atoms with Gasteiger partial charge in [0.05, 0.1) is 5.56 Å². The zero-order chi connectivity index (χ0) is 21.3. The summed E-state index contributed by atoms with van der Waals surface area (Å²) in [5.41, 5.74) is -0.766. The number of aromatic hydroxyl groups is 1. The monoisotopic (exact) mass is 410 g/mol. The quantitative estimate of drug-likeness (QED) is 0.698. The van der Waals surface area contributed by atoms with Crippen LogP contribution in [0.3, 0.4) is 0 Å². The van der Waals surface area contributed by atoms with Gasteiger partial charge >= 0.3 is 5.97 Å². The van der Waals surface area contributed by atoms with Crippen molar-refractivity contribution >= 4 is 22.6 Å². The van der Waals surface area contributed by atoms with Gasteiger partial charge in [0.15, 0.2) is 0 Å². The summed E-state index contributed by atoms with van der Waals surface area (Å²) >= 11 is 0. The van der Waals surface area contributed by atoms with Gasteiger partial charge in [-0.1, -0.05) is 49.6 Å². The molecule has 6 heteroatoms. The number of hydrogen-bond donors (Lipinski definition) is 3. The molecule has 30 heavy (non-hydrogen) atoms. The second kappa shape index (κ2) is 8.26. The van der Waals surface area contributed by atoms with Crippen LogP contribution in [-0.4, -0.2) is 51.7 Å². The Hall–Kier alpha value is -2.60. The Balaban J connectivity index is 1.49. The maximum atomic E-state index is 12.9. The molecule has 2 fully saturated rings. The van der Waals surface area contributed by atoms with E-state index in [1.54, 1.807) is 19.1 Å². The Morgan fingerprint density at radius 2 is 1.87 bits per heavy atom. The average Bonchev–Trinajstić information content (AvgIpc) is 3.05. The van der Waals surface area contributed by atoms with Gasteiger partial charge in [0.1, 0.15) is 11.3 Å². The van der Waals surface area contributed by atoms with E-state index >= 15 is 0 Å². The van der Waals surface area contributed by atoms with E-state index < -0.39 is 11.5 Å². The van der Waals surface area contributed by atoms with Gasteiger partial charge in [0, 0.05) is 24.5 Å². The van der Waals surface area contributed by atoms with E-state index in [1.807, 2.05) is 29.2 Å².